The molecule has 0 bridgehead atoms. The number of ether oxygens (including phenoxy) is 1. The first-order valence-corrected chi connectivity index (χ1v) is 9.34. The maximum Gasteiger partial charge on any atom is 0.269 e. The predicted molar refractivity (Wildman–Crippen MR) is 102 cm³/mol. The first-order chi connectivity index (χ1) is 12.5. The van der Waals surface area contributed by atoms with Crippen molar-refractivity contribution in [1.82, 2.24) is 0 Å². The van der Waals surface area contributed by atoms with Crippen LogP contribution in [0.4, 0.5) is 11.4 Å². The fourth-order valence-electron chi connectivity index (χ4n) is 3.15. The number of carbonyl (C=O) groups excluding carboxylic acids is 1. The van der Waals surface area contributed by atoms with Gasteiger partial charge >= 0.3 is 0 Å². The second-order valence-corrected chi connectivity index (χ2v) is 7.15. The van der Waals surface area contributed by atoms with Crippen molar-refractivity contribution in [3.63, 3.8) is 0 Å². The van der Waals surface area contributed by atoms with Crippen LogP contribution in [0, 0.1) is 17.0 Å². The van der Waals surface area contributed by atoms with Crippen LogP contribution in [-0.4, -0.2) is 30.2 Å². The highest BCUT2D eigenvalue weighted by Crippen LogP contribution is 2.38. The molecule has 1 aliphatic heterocycles. The second-order valence-electron chi connectivity index (χ2n) is 6.10. The Morgan fingerprint density at radius 1 is 1.27 bits per heavy atom. The summed E-state index contributed by atoms with van der Waals surface area (Å²) in [6.07, 6.45) is 1.87. The van der Waals surface area contributed by atoms with Crippen LogP contribution in [-0.2, 0) is 11.2 Å². The predicted octanol–water partition coefficient (Wildman–Crippen LogP) is 3.98. The molecule has 26 heavy (non-hydrogen) atoms. The molecule has 0 aliphatic carbocycles. The van der Waals surface area contributed by atoms with Crippen LogP contribution < -0.4 is 9.64 Å². The molecule has 136 valence electrons. The van der Waals surface area contributed by atoms with E-state index < -0.39 is 4.92 Å². The number of carbonyl (C=O) groups is 1. The number of aryl methyl sites for hydroxylation is 1. The third-order valence-electron chi connectivity index (χ3n) is 4.49. The van der Waals surface area contributed by atoms with Crippen molar-refractivity contribution < 1.29 is 14.5 Å². The minimum atomic E-state index is -0.432. The Kier molecular flexibility index (Phi) is 5.46. The summed E-state index contributed by atoms with van der Waals surface area (Å²) in [7, 11) is 1.62. The van der Waals surface area contributed by atoms with Gasteiger partial charge in [0.1, 0.15) is 5.75 Å². The van der Waals surface area contributed by atoms with Crippen LogP contribution in [0.2, 0.25) is 0 Å². The standard InChI is InChI=1S/C19H20N2O4S/c1-13-5-10-17(25-2)19-16(13)4-3-11-20(19)18(22)12-26-15-8-6-14(7-9-15)21(23)24/h5-10H,3-4,11-12H2,1-2H3. The van der Waals surface area contributed by atoms with Gasteiger partial charge in [-0.2, -0.15) is 0 Å². The van der Waals surface area contributed by atoms with Crippen molar-refractivity contribution in [2.75, 3.05) is 24.3 Å². The van der Waals surface area contributed by atoms with Crippen LogP contribution in [0.15, 0.2) is 41.3 Å². The van der Waals surface area contributed by atoms with Crippen molar-refractivity contribution in [3.8, 4) is 5.75 Å². The summed E-state index contributed by atoms with van der Waals surface area (Å²) in [5.41, 5.74) is 3.27. The molecular weight excluding hydrogens is 352 g/mol. The number of anilines is 1. The highest BCUT2D eigenvalue weighted by Gasteiger charge is 2.27. The summed E-state index contributed by atoms with van der Waals surface area (Å²) in [6, 6.07) is 10.2. The van der Waals surface area contributed by atoms with Crippen LogP contribution in [0.5, 0.6) is 5.75 Å². The molecule has 7 heteroatoms. The number of methoxy groups -OCH3 is 1. The van der Waals surface area contributed by atoms with Gasteiger partial charge in [-0.25, -0.2) is 0 Å². The number of benzene rings is 2. The quantitative estimate of drug-likeness (QED) is 0.451. The molecular formula is C19H20N2O4S. The van der Waals surface area contributed by atoms with E-state index in [4.69, 9.17) is 4.74 Å². The number of amides is 1. The lowest BCUT2D eigenvalue weighted by atomic mass is 9.96. The Labute approximate surface area is 156 Å². The summed E-state index contributed by atoms with van der Waals surface area (Å²) < 4.78 is 5.48. The summed E-state index contributed by atoms with van der Waals surface area (Å²) in [5.74, 6) is 1.01. The Morgan fingerprint density at radius 3 is 2.65 bits per heavy atom. The van der Waals surface area contributed by atoms with E-state index in [-0.39, 0.29) is 17.3 Å². The fraction of sp³-hybridized carbons (Fsp3) is 0.316. The van der Waals surface area contributed by atoms with E-state index in [2.05, 4.69) is 6.92 Å². The number of hydrogen-bond acceptors (Lipinski definition) is 5. The normalized spacial score (nSPS) is 13.2. The minimum Gasteiger partial charge on any atom is -0.495 e. The first kappa shape index (κ1) is 18.3. The molecule has 1 amide bonds. The zero-order valence-corrected chi connectivity index (χ0v) is 15.5. The Hall–Kier alpha value is -2.54. The summed E-state index contributed by atoms with van der Waals surface area (Å²) in [6.45, 7) is 2.73. The SMILES string of the molecule is COc1ccc(C)c2c1N(C(=O)CSc1ccc([N+](=O)[O-])cc1)CCC2. The lowest BCUT2D eigenvalue weighted by molar-refractivity contribution is -0.384. The Morgan fingerprint density at radius 2 is 2.00 bits per heavy atom. The van der Waals surface area contributed by atoms with Crippen LogP contribution >= 0.6 is 11.8 Å². The third-order valence-corrected chi connectivity index (χ3v) is 5.49. The average molecular weight is 372 g/mol. The molecule has 3 rings (SSSR count). The second kappa shape index (κ2) is 7.78. The molecule has 2 aromatic carbocycles. The van der Waals surface area contributed by atoms with Gasteiger partial charge in [0, 0.05) is 23.6 Å². The zero-order chi connectivity index (χ0) is 18.7. The molecule has 0 fully saturated rings. The van der Waals surface area contributed by atoms with Gasteiger partial charge < -0.3 is 9.64 Å². The number of nitrogens with zero attached hydrogens (tertiary/aromatic N) is 2. The first-order valence-electron chi connectivity index (χ1n) is 8.35. The summed E-state index contributed by atoms with van der Waals surface area (Å²) >= 11 is 1.38. The lowest BCUT2D eigenvalue weighted by Gasteiger charge is -2.32. The topological polar surface area (TPSA) is 72.7 Å². The van der Waals surface area contributed by atoms with Crippen molar-refractivity contribution in [2.24, 2.45) is 0 Å². The minimum absolute atomic E-state index is 0.0122. The number of non-ortho nitro benzene ring substituents is 1. The molecule has 0 atom stereocenters. The van der Waals surface area contributed by atoms with E-state index >= 15 is 0 Å². The zero-order valence-electron chi connectivity index (χ0n) is 14.7. The van der Waals surface area contributed by atoms with Crippen LogP contribution in [0.1, 0.15) is 17.5 Å². The van der Waals surface area contributed by atoms with E-state index in [0.717, 1.165) is 29.2 Å². The Bertz CT molecular complexity index is 836. The smallest absolute Gasteiger partial charge is 0.269 e. The lowest BCUT2D eigenvalue weighted by Crippen LogP contribution is -2.37. The molecule has 0 unspecified atom stereocenters. The van der Waals surface area contributed by atoms with E-state index in [1.165, 1.54) is 35.0 Å². The van der Waals surface area contributed by atoms with Gasteiger partial charge in [-0.1, -0.05) is 6.07 Å². The summed E-state index contributed by atoms with van der Waals surface area (Å²) in [5, 5.41) is 10.7. The number of nitro benzene ring substituents is 1. The molecule has 0 N–H and O–H groups in total. The fourth-order valence-corrected chi connectivity index (χ4v) is 3.93. The van der Waals surface area contributed by atoms with Gasteiger partial charge in [-0.3, -0.25) is 14.9 Å². The van der Waals surface area contributed by atoms with E-state index in [1.807, 2.05) is 17.0 Å². The van der Waals surface area contributed by atoms with Gasteiger partial charge in [-0.15, -0.1) is 11.8 Å². The maximum absolute atomic E-state index is 12.8. The molecule has 2 aromatic rings. The molecule has 0 saturated carbocycles. The van der Waals surface area contributed by atoms with Gasteiger partial charge in [0.25, 0.3) is 5.69 Å². The Balaban J connectivity index is 1.75. The molecule has 0 saturated heterocycles. The largest absolute Gasteiger partial charge is 0.495 e. The van der Waals surface area contributed by atoms with Crippen LogP contribution in [0.25, 0.3) is 0 Å². The average Bonchev–Trinajstić information content (AvgIpc) is 2.66. The van der Waals surface area contributed by atoms with Crippen molar-refractivity contribution in [2.45, 2.75) is 24.7 Å². The molecule has 0 aromatic heterocycles. The van der Waals surface area contributed by atoms with Crippen molar-refractivity contribution >= 4 is 29.0 Å². The number of nitro groups is 1. The van der Waals surface area contributed by atoms with Crippen molar-refractivity contribution in [3.05, 3.63) is 57.6 Å². The summed E-state index contributed by atoms with van der Waals surface area (Å²) in [4.78, 5) is 25.8. The van der Waals surface area contributed by atoms with Gasteiger partial charge in [-0.05, 0) is 49.1 Å². The molecule has 0 radical (unpaired) electrons. The molecule has 1 heterocycles. The van der Waals surface area contributed by atoms with Gasteiger partial charge in [0.2, 0.25) is 5.91 Å². The highest BCUT2D eigenvalue weighted by atomic mass is 32.2. The maximum atomic E-state index is 12.8. The van der Waals surface area contributed by atoms with E-state index in [0.29, 0.717) is 6.54 Å². The third kappa shape index (κ3) is 3.67. The van der Waals surface area contributed by atoms with Gasteiger partial charge in [0.15, 0.2) is 0 Å². The highest BCUT2D eigenvalue weighted by molar-refractivity contribution is 8.00. The number of hydrogen-bond donors (Lipinski definition) is 0. The van der Waals surface area contributed by atoms with Crippen LogP contribution in [0.3, 0.4) is 0 Å². The van der Waals surface area contributed by atoms with Gasteiger partial charge in [0.05, 0.1) is 23.5 Å². The van der Waals surface area contributed by atoms with E-state index in [9.17, 15) is 14.9 Å². The molecule has 0 spiro atoms. The number of thioether (sulfide) groups is 1. The number of rotatable bonds is 5. The van der Waals surface area contributed by atoms with Crippen molar-refractivity contribution in [1.29, 1.82) is 0 Å². The number of fused-ring (bicyclic) bond motifs is 1. The molecule has 1 aliphatic rings. The van der Waals surface area contributed by atoms with E-state index in [1.54, 1.807) is 19.2 Å². The molecule has 6 nitrogen and oxygen atoms in total. The monoisotopic (exact) mass is 372 g/mol.